The normalized spacial score (nSPS) is 12.2. The van der Waals surface area contributed by atoms with Crippen molar-refractivity contribution in [3.63, 3.8) is 0 Å². The Kier molecular flexibility index (Phi) is 16.9. The summed E-state index contributed by atoms with van der Waals surface area (Å²) < 4.78 is 12.9. The van der Waals surface area contributed by atoms with Gasteiger partial charge in [0, 0.05) is 4.90 Å². The maximum atomic E-state index is 12.9. The van der Waals surface area contributed by atoms with E-state index in [-0.39, 0.29) is 17.1 Å². The smallest absolute Gasteiger partial charge is 0.289 e. The zero-order chi connectivity index (χ0) is 18.3. The quantitative estimate of drug-likeness (QED) is 0.159. The van der Waals surface area contributed by atoms with Crippen LogP contribution in [0.1, 0.15) is 103 Å². The number of rotatable bonds is 15. The second-order valence-corrected chi connectivity index (χ2v) is 8.89. The van der Waals surface area contributed by atoms with Crippen LogP contribution >= 0.6 is 0 Å². The molecule has 0 aliphatic carbocycles. The fourth-order valence-corrected chi connectivity index (χ4v) is 4.52. The zero-order valence-electron chi connectivity index (χ0n) is 17.1. The summed E-state index contributed by atoms with van der Waals surface area (Å²) in [6.45, 7) is 6.56. The minimum atomic E-state index is -0.927. The van der Waals surface area contributed by atoms with Crippen molar-refractivity contribution in [3.05, 3.63) is 35.1 Å². The van der Waals surface area contributed by atoms with Crippen molar-refractivity contribution >= 4 is 10.8 Å². The van der Waals surface area contributed by atoms with E-state index < -0.39 is 10.8 Å². The third kappa shape index (κ3) is 11.6. The van der Waals surface area contributed by atoms with Crippen molar-refractivity contribution in [1.82, 2.24) is 0 Å². The van der Waals surface area contributed by atoms with Gasteiger partial charge in [-0.1, -0.05) is 113 Å². The van der Waals surface area contributed by atoms with Crippen molar-refractivity contribution in [3.8, 4) is 0 Å². The van der Waals surface area contributed by atoms with Crippen molar-refractivity contribution in [1.29, 1.82) is 0 Å². The summed E-state index contributed by atoms with van der Waals surface area (Å²) in [5.74, 6) is 0. The van der Waals surface area contributed by atoms with Crippen LogP contribution in [-0.4, -0.2) is 4.21 Å². The van der Waals surface area contributed by atoms with Crippen LogP contribution in [-0.2, 0) is 27.9 Å². The molecule has 1 nitrogen and oxygen atoms in total. The SMILES string of the molecule is CCCCCCCCCCC[C-](CCCC)S(=O)c1ccc(C)cc1.[Cu+]. The van der Waals surface area contributed by atoms with Crippen LogP contribution in [0.5, 0.6) is 0 Å². The minimum Gasteiger partial charge on any atom is -0.289 e. The van der Waals surface area contributed by atoms with Crippen molar-refractivity contribution in [2.45, 2.75) is 109 Å². The molecule has 0 aromatic heterocycles. The number of benzene rings is 1. The summed E-state index contributed by atoms with van der Waals surface area (Å²) in [5.41, 5.74) is 1.23. The molecule has 1 rings (SSSR count). The molecule has 1 aromatic rings. The molecule has 3 heteroatoms. The molecule has 0 bridgehead atoms. The van der Waals surface area contributed by atoms with Gasteiger partial charge in [-0.2, -0.15) is 12.8 Å². The molecular weight excluding hydrogens is 388 g/mol. The van der Waals surface area contributed by atoms with Crippen LogP contribution in [0.2, 0.25) is 0 Å². The zero-order valence-corrected chi connectivity index (χ0v) is 18.9. The Labute approximate surface area is 176 Å². The van der Waals surface area contributed by atoms with Gasteiger partial charge in [0.1, 0.15) is 0 Å². The molecular formula is C23H39CuOS. The van der Waals surface area contributed by atoms with Gasteiger partial charge in [-0.05, 0) is 19.1 Å². The van der Waals surface area contributed by atoms with Gasteiger partial charge in [0.05, 0.1) is 0 Å². The van der Waals surface area contributed by atoms with Gasteiger partial charge in [0.15, 0.2) is 0 Å². The van der Waals surface area contributed by atoms with Crippen LogP contribution in [0, 0.1) is 12.2 Å². The molecule has 1 atom stereocenters. The topological polar surface area (TPSA) is 17.1 Å². The molecule has 0 N–H and O–H groups in total. The second-order valence-electron chi connectivity index (χ2n) is 7.30. The predicted molar refractivity (Wildman–Crippen MR) is 112 cm³/mol. The van der Waals surface area contributed by atoms with E-state index in [1.807, 2.05) is 12.1 Å². The van der Waals surface area contributed by atoms with E-state index in [1.165, 1.54) is 75.0 Å². The third-order valence-corrected chi connectivity index (χ3v) is 6.50. The first-order chi connectivity index (χ1) is 12.2. The van der Waals surface area contributed by atoms with E-state index in [4.69, 9.17) is 0 Å². The minimum absolute atomic E-state index is 0. The van der Waals surface area contributed by atoms with Gasteiger partial charge in [-0.25, -0.2) is 5.25 Å². The summed E-state index contributed by atoms with van der Waals surface area (Å²) >= 11 is 0. The first-order valence-corrected chi connectivity index (χ1v) is 11.7. The van der Waals surface area contributed by atoms with Crippen LogP contribution in [0.3, 0.4) is 0 Å². The summed E-state index contributed by atoms with van der Waals surface area (Å²) in [7, 11) is -0.927. The molecule has 0 heterocycles. The fourth-order valence-electron chi connectivity index (χ4n) is 3.15. The monoisotopic (exact) mass is 426 g/mol. The summed E-state index contributed by atoms with van der Waals surface area (Å²) in [4.78, 5) is 0.979. The van der Waals surface area contributed by atoms with Gasteiger partial charge in [-0.15, -0.1) is 0 Å². The first-order valence-electron chi connectivity index (χ1n) is 10.5. The van der Waals surface area contributed by atoms with Crippen LogP contribution in [0.15, 0.2) is 29.2 Å². The van der Waals surface area contributed by atoms with Crippen LogP contribution in [0.25, 0.3) is 0 Å². The summed E-state index contributed by atoms with van der Waals surface area (Å²) in [6, 6.07) is 8.22. The number of hydrogen-bond donors (Lipinski definition) is 0. The van der Waals surface area contributed by atoms with Gasteiger partial charge in [-0.3, -0.25) is 4.21 Å². The molecule has 0 spiro atoms. The molecule has 0 saturated carbocycles. The van der Waals surface area contributed by atoms with Crippen molar-refractivity contribution < 1.29 is 21.3 Å². The second kappa shape index (κ2) is 17.0. The first kappa shape index (κ1) is 25.9. The molecule has 0 amide bonds. The van der Waals surface area contributed by atoms with Gasteiger partial charge < -0.3 is 0 Å². The van der Waals surface area contributed by atoms with E-state index in [9.17, 15) is 4.21 Å². The standard InChI is InChI=1S/C23H39OS.Cu/c1-4-6-8-9-10-11-12-13-14-16-22(15-7-5-2)25(24)23-19-17-21(3)18-20-23;/h17-20H,4-16H2,1-3H3;/q-1;+1. The summed E-state index contributed by atoms with van der Waals surface area (Å²) in [5, 5.41) is 1.26. The Balaban J connectivity index is 0.00000625. The molecule has 0 saturated heterocycles. The number of hydrogen-bond acceptors (Lipinski definition) is 1. The van der Waals surface area contributed by atoms with E-state index in [2.05, 4.69) is 32.9 Å². The Morgan fingerprint density at radius 2 is 1.19 bits per heavy atom. The van der Waals surface area contributed by atoms with E-state index >= 15 is 0 Å². The maximum Gasteiger partial charge on any atom is 1.00 e. The number of unbranched alkanes of at least 4 members (excludes halogenated alkanes) is 9. The van der Waals surface area contributed by atoms with Crippen LogP contribution < -0.4 is 0 Å². The molecule has 154 valence electrons. The third-order valence-electron chi connectivity index (χ3n) is 4.87. The Morgan fingerprint density at radius 1 is 0.731 bits per heavy atom. The van der Waals surface area contributed by atoms with Gasteiger partial charge >= 0.3 is 17.1 Å². The molecule has 0 aliphatic rings. The molecule has 0 aliphatic heterocycles. The number of aryl methyl sites for hydroxylation is 1. The molecule has 1 aromatic carbocycles. The van der Waals surface area contributed by atoms with Crippen molar-refractivity contribution in [2.24, 2.45) is 0 Å². The molecule has 0 radical (unpaired) electrons. The average molecular weight is 427 g/mol. The van der Waals surface area contributed by atoms with E-state index in [0.29, 0.717) is 0 Å². The van der Waals surface area contributed by atoms with Gasteiger partial charge in [0.2, 0.25) is 0 Å². The Morgan fingerprint density at radius 3 is 1.73 bits per heavy atom. The Hall–Kier alpha value is -0.111. The van der Waals surface area contributed by atoms with E-state index in [0.717, 1.165) is 24.2 Å². The summed E-state index contributed by atoms with van der Waals surface area (Å²) in [6.07, 6.45) is 16.5. The van der Waals surface area contributed by atoms with E-state index in [1.54, 1.807) is 0 Å². The fraction of sp³-hybridized carbons (Fsp3) is 0.696. The van der Waals surface area contributed by atoms with Crippen LogP contribution in [0.4, 0.5) is 0 Å². The largest absolute Gasteiger partial charge is 1.00 e. The average Bonchev–Trinajstić information content (AvgIpc) is 2.63. The maximum absolute atomic E-state index is 12.9. The predicted octanol–water partition coefficient (Wildman–Crippen LogP) is 7.74. The van der Waals surface area contributed by atoms with Gasteiger partial charge in [0.25, 0.3) is 0 Å². The molecule has 0 fully saturated rings. The molecule has 1 unspecified atom stereocenters. The van der Waals surface area contributed by atoms with Crippen molar-refractivity contribution in [2.75, 3.05) is 0 Å². The Bertz CT molecular complexity index is 458. The molecule has 26 heavy (non-hydrogen) atoms.